The molecule has 0 aliphatic carbocycles. The highest BCUT2D eigenvalue weighted by molar-refractivity contribution is 5.87. The smallest absolute Gasteiger partial charge is 0.198 e. The number of aliphatic hydroxyl groups is 1. The van der Waals surface area contributed by atoms with Gasteiger partial charge in [0.2, 0.25) is 0 Å². The molecule has 1 atom stereocenters. The first-order valence-corrected chi connectivity index (χ1v) is 11.4. The van der Waals surface area contributed by atoms with E-state index in [0.717, 1.165) is 53.4 Å². The third-order valence-corrected chi connectivity index (χ3v) is 6.57. The summed E-state index contributed by atoms with van der Waals surface area (Å²) in [4.78, 5) is 17.3. The van der Waals surface area contributed by atoms with E-state index in [0.29, 0.717) is 22.6 Å². The third-order valence-electron chi connectivity index (χ3n) is 6.57. The van der Waals surface area contributed by atoms with E-state index in [1.54, 1.807) is 12.4 Å². The largest absolute Gasteiger partial charge is 0.392 e. The van der Waals surface area contributed by atoms with E-state index >= 15 is 0 Å². The molecule has 5 aromatic rings. The second-order valence-electron chi connectivity index (χ2n) is 8.84. The molecule has 1 aliphatic rings. The first-order valence-electron chi connectivity index (χ1n) is 11.4. The Bertz CT molecular complexity index is 1530. The molecule has 8 nitrogen and oxygen atoms in total. The minimum atomic E-state index is -0.234. The zero-order chi connectivity index (χ0) is 23.4. The van der Waals surface area contributed by atoms with Gasteiger partial charge in [-0.1, -0.05) is 6.07 Å². The zero-order valence-corrected chi connectivity index (χ0v) is 19.0. The minimum absolute atomic E-state index is 0.0479. The molecule has 0 spiro atoms. The van der Waals surface area contributed by atoms with Gasteiger partial charge in [-0.25, -0.2) is 24.0 Å². The number of aryl methyl sites for hydroxylation is 3. The number of fused-ring (bicyclic) bond motifs is 2. The van der Waals surface area contributed by atoms with Crippen LogP contribution in [0.5, 0.6) is 0 Å². The molecule has 9 heteroatoms. The number of nitrogens with one attached hydrogen (secondary N) is 1. The minimum Gasteiger partial charge on any atom is -0.392 e. The maximum absolute atomic E-state index is 13.7. The maximum Gasteiger partial charge on any atom is 0.198 e. The molecule has 0 bridgehead atoms. The van der Waals surface area contributed by atoms with Gasteiger partial charge >= 0.3 is 0 Å². The summed E-state index contributed by atoms with van der Waals surface area (Å²) < 4.78 is 17.5. The van der Waals surface area contributed by atoms with Gasteiger partial charge in [-0.2, -0.15) is 0 Å². The summed E-state index contributed by atoms with van der Waals surface area (Å²) in [5.74, 6) is 1.93. The molecule has 0 fully saturated rings. The molecule has 0 radical (unpaired) electrons. The van der Waals surface area contributed by atoms with Crippen LogP contribution in [0.3, 0.4) is 0 Å². The van der Waals surface area contributed by atoms with Crippen LogP contribution in [0.2, 0.25) is 0 Å². The van der Waals surface area contributed by atoms with Crippen LogP contribution in [0.15, 0.2) is 42.9 Å². The first kappa shape index (κ1) is 20.7. The number of H-pyrrole nitrogens is 1. The number of benzene rings is 1. The molecular weight excluding hydrogens is 433 g/mol. The Balaban J connectivity index is 1.45. The lowest BCUT2D eigenvalue weighted by Gasteiger charge is -2.23. The monoisotopic (exact) mass is 457 g/mol. The highest BCUT2D eigenvalue weighted by Crippen LogP contribution is 2.36. The maximum atomic E-state index is 13.7. The predicted molar refractivity (Wildman–Crippen MR) is 125 cm³/mol. The zero-order valence-electron chi connectivity index (χ0n) is 19.0. The third kappa shape index (κ3) is 3.31. The Kier molecular flexibility index (Phi) is 4.80. The van der Waals surface area contributed by atoms with Crippen molar-refractivity contribution in [2.75, 3.05) is 0 Å². The van der Waals surface area contributed by atoms with E-state index in [9.17, 15) is 9.50 Å². The van der Waals surface area contributed by atoms with Gasteiger partial charge < -0.3 is 10.1 Å². The highest BCUT2D eigenvalue weighted by Gasteiger charge is 2.28. The lowest BCUT2D eigenvalue weighted by Crippen LogP contribution is -2.18. The molecule has 6 rings (SSSR count). The van der Waals surface area contributed by atoms with Crippen LogP contribution >= 0.6 is 0 Å². The Labute approximate surface area is 195 Å². The number of hydrogen-bond acceptors (Lipinski definition) is 5. The summed E-state index contributed by atoms with van der Waals surface area (Å²) in [6.45, 7) is 4.44. The fraction of sp³-hybridized carbons (Fsp3) is 0.280. The number of nitrogens with zero attached hydrogens (tertiary/aromatic N) is 6. The highest BCUT2D eigenvalue weighted by atomic mass is 19.1. The van der Waals surface area contributed by atoms with Crippen LogP contribution in [0.4, 0.5) is 4.39 Å². The number of hydrogen-bond donors (Lipinski definition) is 2. The Morgan fingerprint density at radius 2 is 2.06 bits per heavy atom. The molecule has 0 amide bonds. The van der Waals surface area contributed by atoms with Gasteiger partial charge in [0.1, 0.15) is 23.8 Å². The Morgan fingerprint density at radius 3 is 2.82 bits per heavy atom. The van der Waals surface area contributed by atoms with Crippen LogP contribution in [-0.2, 0) is 13.2 Å². The van der Waals surface area contributed by atoms with Crippen molar-refractivity contribution in [3.05, 3.63) is 76.9 Å². The van der Waals surface area contributed by atoms with E-state index < -0.39 is 0 Å². The standard InChI is InChI=1S/C25H24FN7O/c1-14-10-16(26)5-6-17(14)18-4-3-9-33-25(18)30-24(31-33)23-19(12-34)22-20(28-23)7-8-21(29-22)32-11-15(2)27-13-32/h5-8,10-11,13,18,28,34H,3-4,9,12H2,1-2H3. The van der Waals surface area contributed by atoms with Gasteiger partial charge in [0.25, 0.3) is 0 Å². The van der Waals surface area contributed by atoms with Crippen molar-refractivity contribution in [1.82, 2.24) is 34.3 Å². The van der Waals surface area contributed by atoms with Crippen LogP contribution in [0.25, 0.3) is 28.4 Å². The summed E-state index contributed by atoms with van der Waals surface area (Å²) in [6, 6.07) is 8.77. The summed E-state index contributed by atoms with van der Waals surface area (Å²) >= 11 is 0. The second kappa shape index (κ2) is 7.88. The van der Waals surface area contributed by atoms with E-state index in [1.165, 1.54) is 6.07 Å². The number of aliphatic hydroxyl groups excluding tert-OH is 1. The van der Waals surface area contributed by atoms with E-state index in [1.807, 2.05) is 47.5 Å². The average molecular weight is 458 g/mol. The van der Waals surface area contributed by atoms with Gasteiger partial charge in [0, 0.05) is 24.2 Å². The average Bonchev–Trinajstić information content (AvgIpc) is 3.54. The molecule has 2 N–H and O–H groups in total. The lowest BCUT2D eigenvalue weighted by molar-refractivity contribution is 0.283. The topological polar surface area (TPSA) is 97.4 Å². The molecule has 1 aromatic carbocycles. The van der Waals surface area contributed by atoms with Crippen molar-refractivity contribution >= 4 is 11.0 Å². The van der Waals surface area contributed by atoms with Crippen molar-refractivity contribution in [2.24, 2.45) is 0 Å². The van der Waals surface area contributed by atoms with Gasteiger partial charge in [-0.3, -0.25) is 4.57 Å². The van der Waals surface area contributed by atoms with Crippen molar-refractivity contribution in [3.8, 4) is 17.3 Å². The van der Waals surface area contributed by atoms with Gasteiger partial charge in [0.05, 0.1) is 29.0 Å². The SMILES string of the molecule is Cc1cn(-c2ccc3[nH]c(-c4nc5n(n4)CCCC5c4ccc(F)cc4C)c(CO)c3n2)cn1. The molecule has 0 saturated carbocycles. The summed E-state index contributed by atoms with van der Waals surface area (Å²) in [5, 5.41) is 15.0. The van der Waals surface area contributed by atoms with Crippen LogP contribution in [0, 0.1) is 19.7 Å². The molecule has 34 heavy (non-hydrogen) atoms. The Morgan fingerprint density at radius 1 is 1.18 bits per heavy atom. The van der Waals surface area contributed by atoms with Crippen LogP contribution in [-0.4, -0.2) is 39.4 Å². The summed E-state index contributed by atoms with van der Waals surface area (Å²) in [7, 11) is 0. The number of imidazole rings is 1. The number of halogens is 1. The lowest BCUT2D eigenvalue weighted by atomic mass is 9.88. The van der Waals surface area contributed by atoms with Crippen LogP contribution < -0.4 is 0 Å². The first-order chi connectivity index (χ1) is 16.5. The second-order valence-corrected chi connectivity index (χ2v) is 8.84. The fourth-order valence-corrected chi connectivity index (χ4v) is 4.92. The predicted octanol–water partition coefficient (Wildman–Crippen LogP) is 4.18. The van der Waals surface area contributed by atoms with Crippen LogP contribution in [0.1, 0.15) is 47.0 Å². The fourth-order valence-electron chi connectivity index (χ4n) is 4.92. The van der Waals surface area contributed by atoms with E-state index in [-0.39, 0.29) is 18.3 Å². The molecular formula is C25H24FN7O. The van der Waals surface area contributed by atoms with Gasteiger partial charge in [-0.05, 0) is 62.1 Å². The van der Waals surface area contributed by atoms with E-state index in [4.69, 9.17) is 15.1 Å². The number of aromatic nitrogens is 7. The summed E-state index contributed by atoms with van der Waals surface area (Å²) in [6.07, 6.45) is 5.52. The quantitative estimate of drug-likeness (QED) is 0.422. The molecule has 5 heterocycles. The number of rotatable bonds is 4. The van der Waals surface area contributed by atoms with Gasteiger partial charge in [-0.15, -0.1) is 5.10 Å². The van der Waals surface area contributed by atoms with Gasteiger partial charge in [0.15, 0.2) is 5.82 Å². The normalized spacial score (nSPS) is 15.7. The van der Waals surface area contributed by atoms with Crippen molar-refractivity contribution in [2.45, 2.75) is 45.8 Å². The molecule has 1 aliphatic heterocycles. The number of aromatic amines is 1. The van der Waals surface area contributed by atoms with Crippen molar-refractivity contribution < 1.29 is 9.50 Å². The molecule has 0 saturated heterocycles. The van der Waals surface area contributed by atoms with E-state index in [2.05, 4.69) is 9.97 Å². The van der Waals surface area contributed by atoms with Crippen molar-refractivity contribution in [1.29, 1.82) is 0 Å². The molecule has 1 unspecified atom stereocenters. The summed E-state index contributed by atoms with van der Waals surface area (Å²) in [5.41, 5.74) is 5.70. The molecule has 172 valence electrons. The number of pyridine rings is 1. The van der Waals surface area contributed by atoms with Crippen molar-refractivity contribution in [3.63, 3.8) is 0 Å². The molecule has 4 aromatic heterocycles. The Hall–Kier alpha value is -3.85.